The number of methoxy groups -OCH3 is 1. The van der Waals surface area contributed by atoms with Crippen molar-refractivity contribution in [1.29, 1.82) is 0 Å². The van der Waals surface area contributed by atoms with E-state index in [-0.39, 0.29) is 17.4 Å². The zero-order valence-electron chi connectivity index (χ0n) is 7.63. The quantitative estimate of drug-likeness (QED) is 0.810. The zero-order valence-corrected chi connectivity index (χ0v) is 8.38. The fourth-order valence-corrected chi connectivity index (χ4v) is 1.38. The number of hydrogen-bond donors (Lipinski definition) is 2. The van der Waals surface area contributed by atoms with Gasteiger partial charge in [0, 0.05) is 10.6 Å². The van der Waals surface area contributed by atoms with Crippen LogP contribution in [0.2, 0.25) is 5.02 Å². The van der Waals surface area contributed by atoms with Gasteiger partial charge in [0.05, 0.1) is 19.8 Å². The molecule has 0 bridgehead atoms. The van der Waals surface area contributed by atoms with Gasteiger partial charge in [0.2, 0.25) is 0 Å². The Kier molecular flexibility index (Phi) is 3.69. The van der Waals surface area contributed by atoms with E-state index in [1.165, 1.54) is 13.2 Å². The largest absolute Gasteiger partial charge is 0.493 e. The highest BCUT2D eigenvalue weighted by Crippen LogP contribution is 2.30. The third kappa shape index (κ3) is 2.15. The minimum absolute atomic E-state index is 0.0240. The Morgan fingerprint density at radius 1 is 1.64 bits per heavy atom. The summed E-state index contributed by atoms with van der Waals surface area (Å²) in [7, 11) is 1.33. The summed E-state index contributed by atoms with van der Waals surface area (Å²) >= 11 is 5.65. The first-order chi connectivity index (χ1) is 6.60. The molecule has 0 heterocycles. The SMILES string of the molecule is COc1c(F)cc(Cl)cc1C(N)CO. The fraction of sp³-hybridized carbons (Fsp3) is 0.333. The summed E-state index contributed by atoms with van der Waals surface area (Å²) in [4.78, 5) is 0. The molecule has 0 saturated carbocycles. The highest BCUT2D eigenvalue weighted by atomic mass is 35.5. The molecule has 78 valence electrons. The third-order valence-corrected chi connectivity index (χ3v) is 2.06. The minimum atomic E-state index is -0.696. The Morgan fingerprint density at radius 3 is 2.79 bits per heavy atom. The first-order valence-electron chi connectivity index (χ1n) is 3.99. The van der Waals surface area contributed by atoms with Gasteiger partial charge in [-0.15, -0.1) is 0 Å². The van der Waals surface area contributed by atoms with E-state index < -0.39 is 11.9 Å². The molecule has 3 nitrogen and oxygen atoms in total. The van der Waals surface area contributed by atoms with Crippen LogP contribution >= 0.6 is 11.6 Å². The molecule has 3 N–H and O–H groups in total. The van der Waals surface area contributed by atoms with Crippen LogP contribution in [0.3, 0.4) is 0 Å². The summed E-state index contributed by atoms with van der Waals surface area (Å²) < 4.78 is 18.1. The number of ether oxygens (including phenoxy) is 1. The van der Waals surface area contributed by atoms with Crippen molar-refractivity contribution in [2.75, 3.05) is 13.7 Å². The predicted octanol–water partition coefficient (Wildman–Crippen LogP) is 1.48. The average molecular weight is 220 g/mol. The number of aliphatic hydroxyl groups excluding tert-OH is 1. The summed E-state index contributed by atoms with van der Waals surface area (Å²) in [5.41, 5.74) is 5.91. The van der Waals surface area contributed by atoms with Gasteiger partial charge >= 0.3 is 0 Å². The average Bonchev–Trinajstić information content (AvgIpc) is 2.15. The summed E-state index contributed by atoms with van der Waals surface area (Å²) in [6.45, 7) is -0.295. The molecule has 1 aromatic rings. The molecule has 1 rings (SSSR count). The second kappa shape index (κ2) is 4.59. The molecule has 1 atom stereocenters. The Bertz CT molecular complexity index is 333. The highest BCUT2D eigenvalue weighted by molar-refractivity contribution is 6.30. The molecular weight excluding hydrogens is 209 g/mol. The number of hydrogen-bond acceptors (Lipinski definition) is 3. The van der Waals surface area contributed by atoms with Crippen LogP contribution in [0, 0.1) is 5.82 Å². The fourth-order valence-electron chi connectivity index (χ4n) is 1.17. The molecule has 0 radical (unpaired) electrons. The van der Waals surface area contributed by atoms with Crippen LogP contribution in [0.1, 0.15) is 11.6 Å². The van der Waals surface area contributed by atoms with E-state index >= 15 is 0 Å². The maximum absolute atomic E-state index is 13.3. The zero-order chi connectivity index (χ0) is 10.7. The van der Waals surface area contributed by atoms with Gasteiger partial charge in [0.1, 0.15) is 0 Å². The van der Waals surface area contributed by atoms with Crippen molar-refractivity contribution < 1.29 is 14.2 Å². The second-order valence-electron chi connectivity index (χ2n) is 2.80. The molecule has 0 aromatic heterocycles. The molecule has 1 aromatic carbocycles. The highest BCUT2D eigenvalue weighted by Gasteiger charge is 2.16. The summed E-state index contributed by atoms with van der Waals surface area (Å²) in [5, 5.41) is 9.07. The van der Waals surface area contributed by atoms with Crippen LogP contribution in [0.5, 0.6) is 5.75 Å². The van der Waals surface area contributed by atoms with E-state index in [1.807, 2.05) is 0 Å². The Morgan fingerprint density at radius 2 is 2.29 bits per heavy atom. The van der Waals surface area contributed by atoms with Gasteiger partial charge in [0.25, 0.3) is 0 Å². The summed E-state index contributed by atoms with van der Waals surface area (Å²) in [5.74, 6) is -0.560. The lowest BCUT2D eigenvalue weighted by atomic mass is 10.1. The van der Waals surface area contributed by atoms with Gasteiger partial charge in [-0.05, 0) is 12.1 Å². The minimum Gasteiger partial charge on any atom is -0.493 e. The molecule has 0 spiro atoms. The van der Waals surface area contributed by atoms with Gasteiger partial charge in [-0.25, -0.2) is 4.39 Å². The number of halogens is 2. The van der Waals surface area contributed by atoms with Crippen LogP contribution < -0.4 is 10.5 Å². The molecule has 0 saturated heterocycles. The number of aliphatic hydroxyl groups is 1. The van der Waals surface area contributed by atoms with Gasteiger partial charge in [-0.2, -0.15) is 0 Å². The lowest BCUT2D eigenvalue weighted by molar-refractivity contribution is 0.263. The van der Waals surface area contributed by atoms with Crippen LogP contribution in [-0.4, -0.2) is 18.8 Å². The van der Waals surface area contributed by atoms with Gasteiger partial charge < -0.3 is 15.6 Å². The van der Waals surface area contributed by atoms with Crippen LogP contribution in [-0.2, 0) is 0 Å². The van der Waals surface area contributed by atoms with Crippen molar-refractivity contribution in [1.82, 2.24) is 0 Å². The normalized spacial score (nSPS) is 12.6. The molecule has 0 fully saturated rings. The van der Waals surface area contributed by atoms with E-state index in [1.54, 1.807) is 0 Å². The van der Waals surface area contributed by atoms with Crippen molar-refractivity contribution >= 4 is 11.6 Å². The van der Waals surface area contributed by atoms with E-state index in [2.05, 4.69) is 0 Å². The lowest BCUT2D eigenvalue weighted by Crippen LogP contribution is -2.16. The van der Waals surface area contributed by atoms with Gasteiger partial charge in [-0.1, -0.05) is 11.6 Å². The van der Waals surface area contributed by atoms with Gasteiger partial charge in [0.15, 0.2) is 11.6 Å². The maximum Gasteiger partial charge on any atom is 0.166 e. The molecular formula is C9H11ClFNO2. The van der Waals surface area contributed by atoms with E-state index in [4.69, 9.17) is 27.2 Å². The van der Waals surface area contributed by atoms with Gasteiger partial charge in [-0.3, -0.25) is 0 Å². The van der Waals surface area contributed by atoms with Crippen LogP contribution in [0.25, 0.3) is 0 Å². The molecule has 1 unspecified atom stereocenters. The molecule has 14 heavy (non-hydrogen) atoms. The lowest BCUT2D eigenvalue weighted by Gasteiger charge is -2.14. The van der Waals surface area contributed by atoms with Crippen molar-refractivity contribution in [3.8, 4) is 5.75 Å². The van der Waals surface area contributed by atoms with Crippen molar-refractivity contribution in [2.45, 2.75) is 6.04 Å². The third-order valence-electron chi connectivity index (χ3n) is 1.84. The Hall–Kier alpha value is -0.840. The molecule has 5 heteroatoms. The van der Waals surface area contributed by atoms with E-state index in [0.717, 1.165) is 6.07 Å². The Balaban J connectivity index is 3.24. The first-order valence-corrected chi connectivity index (χ1v) is 4.37. The first kappa shape index (κ1) is 11.2. The molecule has 0 aliphatic heterocycles. The summed E-state index contributed by atoms with van der Waals surface area (Å²) in [6.07, 6.45) is 0. The van der Waals surface area contributed by atoms with Crippen LogP contribution in [0.15, 0.2) is 12.1 Å². The standard InChI is InChI=1S/C9H11ClFNO2/c1-14-9-6(8(12)4-13)2-5(10)3-7(9)11/h2-3,8,13H,4,12H2,1H3. The smallest absolute Gasteiger partial charge is 0.166 e. The van der Waals surface area contributed by atoms with E-state index in [0.29, 0.717) is 5.56 Å². The molecule has 0 aliphatic rings. The van der Waals surface area contributed by atoms with Crippen molar-refractivity contribution in [2.24, 2.45) is 5.73 Å². The van der Waals surface area contributed by atoms with E-state index in [9.17, 15) is 4.39 Å². The maximum atomic E-state index is 13.3. The summed E-state index contributed by atoms with van der Waals surface area (Å²) in [6, 6.07) is 1.91. The van der Waals surface area contributed by atoms with Crippen molar-refractivity contribution in [3.63, 3.8) is 0 Å². The Labute approximate surface area is 86.2 Å². The molecule has 0 aliphatic carbocycles. The van der Waals surface area contributed by atoms with Crippen LogP contribution in [0.4, 0.5) is 4.39 Å². The topological polar surface area (TPSA) is 55.5 Å². The monoisotopic (exact) mass is 219 g/mol. The predicted molar refractivity (Wildman–Crippen MR) is 52.0 cm³/mol. The number of nitrogens with two attached hydrogens (primary N) is 1. The number of rotatable bonds is 3. The molecule has 0 amide bonds. The second-order valence-corrected chi connectivity index (χ2v) is 3.24. The number of benzene rings is 1. The van der Waals surface area contributed by atoms with Crippen molar-refractivity contribution in [3.05, 3.63) is 28.5 Å².